The Labute approximate surface area is 103 Å². The minimum atomic E-state index is -0.686. The fraction of sp³-hybridized carbons (Fsp3) is 0.417. The van der Waals surface area contributed by atoms with Crippen LogP contribution in [-0.2, 0) is 0 Å². The van der Waals surface area contributed by atoms with Crippen molar-refractivity contribution in [3.63, 3.8) is 0 Å². The van der Waals surface area contributed by atoms with Crippen molar-refractivity contribution in [3.05, 3.63) is 28.2 Å². The SMILES string of the molecule is N#Cc1ccc(Br)cc1N1CCC(F)CC1. The van der Waals surface area contributed by atoms with Crippen molar-refractivity contribution in [2.45, 2.75) is 19.0 Å². The Hall–Kier alpha value is -1.08. The molecule has 0 amide bonds. The molecule has 0 bridgehead atoms. The molecule has 4 heteroatoms. The Morgan fingerprint density at radius 3 is 2.69 bits per heavy atom. The second-order valence-electron chi connectivity index (χ2n) is 3.93. The summed E-state index contributed by atoms with van der Waals surface area (Å²) in [4.78, 5) is 2.08. The first-order valence-corrected chi connectivity index (χ1v) is 6.08. The van der Waals surface area contributed by atoms with Gasteiger partial charge in [0.2, 0.25) is 0 Å². The molecule has 1 aromatic rings. The van der Waals surface area contributed by atoms with E-state index in [1.165, 1.54) is 0 Å². The lowest BCUT2D eigenvalue weighted by molar-refractivity contribution is 0.277. The monoisotopic (exact) mass is 282 g/mol. The van der Waals surface area contributed by atoms with Crippen LogP contribution in [-0.4, -0.2) is 19.3 Å². The Bertz CT molecular complexity index is 420. The predicted octanol–water partition coefficient (Wildman–Crippen LogP) is 3.26. The van der Waals surface area contributed by atoms with Crippen LogP contribution in [0, 0.1) is 11.3 Å². The van der Waals surface area contributed by atoms with E-state index in [0.717, 1.165) is 10.2 Å². The number of anilines is 1. The van der Waals surface area contributed by atoms with Crippen molar-refractivity contribution in [2.24, 2.45) is 0 Å². The van der Waals surface area contributed by atoms with Gasteiger partial charge in [-0.05, 0) is 31.0 Å². The minimum Gasteiger partial charge on any atom is -0.370 e. The average molecular weight is 283 g/mol. The highest BCUT2D eigenvalue weighted by Crippen LogP contribution is 2.27. The van der Waals surface area contributed by atoms with E-state index in [9.17, 15) is 4.39 Å². The molecule has 16 heavy (non-hydrogen) atoms. The molecule has 1 aromatic carbocycles. The van der Waals surface area contributed by atoms with E-state index in [4.69, 9.17) is 5.26 Å². The number of hydrogen-bond donors (Lipinski definition) is 0. The Morgan fingerprint density at radius 1 is 1.38 bits per heavy atom. The molecule has 1 heterocycles. The van der Waals surface area contributed by atoms with Gasteiger partial charge < -0.3 is 4.90 Å². The number of rotatable bonds is 1. The standard InChI is InChI=1S/C12H12BrFN2/c13-10-2-1-9(8-15)12(7-10)16-5-3-11(14)4-6-16/h1-2,7,11H,3-6H2. The molecule has 0 aliphatic carbocycles. The van der Waals surface area contributed by atoms with E-state index >= 15 is 0 Å². The van der Waals surface area contributed by atoms with Crippen LogP contribution in [0.25, 0.3) is 0 Å². The highest BCUT2D eigenvalue weighted by atomic mass is 79.9. The van der Waals surface area contributed by atoms with E-state index in [1.807, 2.05) is 12.1 Å². The van der Waals surface area contributed by atoms with Gasteiger partial charge in [0.25, 0.3) is 0 Å². The number of benzene rings is 1. The Balaban J connectivity index is 2.26. The predicted molar refractivity (Wildman–Crippen MR) is 65.2 cm³/mol. The summed E-state index contributed by atoms with van der Waals surface area (Å²) in [6, 6.07) is 7.75. The number of alkyl halides is 1. The van der Waals surface area contributed by atoms with Gasteiger partial charge in [-0.25, -0.2) is 4.39 Å². The summed E-state index contributed by atoms with van der Waals surface area (Å²) in [5.74, 6) is 0. The van der Waals surface area contributed by atoms with Crippen LogP contribution in [0.3, 0.4) is 0 Å². The van der Waals surface area contributed by atoms with Gasteiger partial charge in [0, 0.05) is 17.6 Å². The van der Waals surface area contributed by atoms with Crippen molar-refractivity contribution < 1.29 is 4.39 Å². The van der Waals surface area contributed by atoms with Crippen LogP contribution in [0.4, 0.5) is 10.1 Å². The fourth-order valence-corrected chi connectivity index (χ4v) is 2.30. The maximum atomic E-state index is 13.0. The van der Waals surface area contributed by atoms with Crippen molar-refractivity contribution >= 4 is 21.6 Å². The summed E-state index contributed by atoms with van der Waals surface area (Å²) in [7, 11) is 0. The summed E-state index contributed by atoms with van der Waals surface area (Å²) >= 11 is 3.39. The van der Waals surface area contributed by atoms with Gasteiger partial charge >= 0.3 is 0 Å². The second kappa shape index (κ2) is 4.84. The Morgan fingerprint density at radius 2 is 2.06 bits per heavy atom. The average Bonchev–Trinajstić information content (AvgIpc) is 2.30. The summed E-state index contributed by atoms with van der Waals surface area (Å²) in [6.07, 6.45) is 0.420. The van der Waals surface area contributed by atoms with Gasteiger partial charge in [-0.2, -0.15) is 5.26 Å². The highest BCUT2D eigenvalue weighted by molar-refractivity contribution is 9.10. The zero-order chi connectivity index (χ0) is 11.5. The van der Waals surface area contributed by atoms with Crippen LogP contribution in [0.2, 0.25) is 0 Å². The first-order chi connectivity index (χ1) is 7.70. The molecule has 1 fully saturated rings. The first-order valence-electron chi connectivity index (χ1n) is 5.29. The second-order valence-corrected chi connectivity index (χ2v) is 4.85. The van der Waals surface area contributed by atoms with E-state index in [-0.39, 0.29) is 0 Å². The molecular formula is C12H12BrFN2. The number of nitrogens with zero attached hydrogens (tertiary/aromatic N) is 2. The van der Waals surface area contributed by atoms with Gasteiger partial charge in [0.1, 0.15) is 12.2 Å². The van der Waals surface area contributed by atoms with Crippen molar-refractivity contribution in [2.75, 3.05) is 18.0 Å². The van der Waals surface area contributed by atoms with Gasteiger partial charge in [-0.3, -0.25) is 0 Å². The van der Waals surface area contributed by atoms with E-state index in [1.54, 1.807) is 6.07 Å². The number of piperidine rings is 1. The van der Waals surface area contributed by atoms with Crippen LogP contribution in [0.15, 0.2) is 22.7 Å². The highest BCUT2D eigenvalue weighted by Gasteiger charge is 2.20. The van der Waals surface area contributed by atoms with Gasteiger partial charge in [-0.15, -0.1) is 0 Å². The summed E-state index contributed by atoms with van der Waals surface area (Å²) < 4.78 is 14.0. The fourth-order valence-electron chi connectivity index (χ4n) is 1.95. The molecule has 1 aliphatic rings. The smallest absolute Gasteiger partial charge is 0.103 e. The molecule has 2 nitrogen and oxygen atoms in total. The van der Waals surface area contributed by atoms with E-state index in [2.05, 4.69) is 26.9 Å². The Kier molecular flexibility index (Phi) is 3.45. The topological polar surface area (TPSA) is 27.0 Å². The van der Waals surface area contributed by atoms with Crippen molar-refractivity contribution in [3.8, 4) is 6.07 Å². The van der Waals surface area contributed by atoms with E-state index < -0.39 is 6.17 Å². The summed E-state index contributed by atoms with van der Waals surface area (Å²) in [5.41, 5.74) is 1.56. The molecule has 1 aliphatic heterocycles. The summed E-state index contributed by atoms with van der Waals surface area (Å²) in [5, 5.41) is 9.03. The van der Waals surface area contributed by atoms with Crippen molar-refractivity contribution in [1.29, 1.82) is 5.26 Å². The molecule has 2 rings (SSSR count). The lowest BCUT2D eigenvalue weighted by atomic mass is 10.1. The van der Waals surface area contributed by atoms with Crippen LogP contribution >= 0.6 is 15.9 Å². The number of halogens is 2. The molecule has 1 saturated heterocycles. The van der Waals surface area contributed by atoms with Gasteiger partial charge in [-0.1, -0.05) is 15.9 Å². The molecule has 0 saturated carbocycles. The molecule has 84 valence electrons. The normalized spacial score (nSPS) is 17.2. The third-order valence-electron chi connectivity index (χ3n) is 2.85. The van der Waals surface area contributed by atoms with Crippen LogP contribution < -0.4 is 4.90 Å². The minimum absolute atomic E-state index is 0.553. The molecule has 0 N–H and O–H groups in total. The molecule has 0 spiro atoms. The van der Waals surface area contributed by atoms with Gasteiger partial charge in [0.15, 0.2) is 0 Å². The van der Waals surface area contributed by atoms with Crippen molar-refractivity contribution in [1.82, 2.24) is 0 Å². The third-order valence-corrected chi connectivity index (χ3v) is 3.34. The molecule has 0 unspecified atom stereocenters. The summed E-state index contributed by atoms with van der Waals surface area (Å²) in [6.45, 7) is 1.37. The lowest BCUT2D eigenvalue weighted by Crippen LogP contribution is -2.34. The lowest BCUT2D eigenvalue weighted by Gasteiger charge is -2.31. The number of nitriles is 1. The molecule has 0 radical (unpaired) electrons. The zero-order valence-corrected chi connectivity index (χ0v) is 10.4. The van der Waals surface area contributed by atoms with E-state index in [0.29, 0.717) is 31.5 Å². The maximum Gasteiger partial charge on any atom is 0.103 e. The zero-order valence-electron chi connectivity index (χ0n) is 8.79. The largest absolute Gasteiger partial charge is 0.370 e. The molecule has 0 atom stereocenters. The van der Waals surface area contributed by atoms with Gasteiger partial charge in [0.05, 0.1) is 11.3 Å². The molecule has 0 aromatic heterocycles. The van der Waals surface area contributed by atoms with Crippen LogP contribution in [0.5, 0.6) is 0 Å². The quantitative estimate of drug-likeness (QED) is 0.791. The molecular weight excluding hydrogens is 271 g/mol. The number of hydrogen-bond acceptors (Lipinski definition) is 2. The maximum absolute atomic E-state index is 13.0. The first kappa shape index (κ1) is 11.4. The third kappa shape index (κ3) is 2.35. The van der Waals surface area contributed by atoms with Crippen LogP contribution in [0.1, 0.15) is 18.4 Å².